The monoisotopic (exact) mass is 326 g/mol. The normalized spacial score (nSPS) is 10.3. The first kappa shape index (κ1) is 15.6. The van der Waals surface area contributed by atoms with E-state index in [0.717, 1.165) is 5.56 Å². The lowest BCUT2D eigenvalue weighted by atomic mass is 10.2. The molecule has 0 unspecified atom stereocenters. The van der Waals surface area contributed by atoms with Gasteiger partial charge in [0.2, 0.25) is 5.91 Å². The highest BCUT2D eigenvalue weighted by molar-refractivity contribution is 6.31. The maximum atomic E-state index is 13.5. The average molecular weight is 327 g/mol. The topological polar surface area (TPSA) is 41.1 Å². The third-order valence-electron chi connectivity index (χ3n) is 2.91. The van der Waals surface area contributed by atoms with Crippen LogP contribution in [0.25, 0.3) is 0 Å². The molecule has 0 aromatic heterocycles. The van der Waals surface area contributed by atoms with Gasteiger partial charge in [0.1, 0.15) is 5.82 Å². The molecule has 21 heavy (non-hydrogen) atoms. The smallest absolute Gasteiger partial charge is 0.243 e. The molecule has 0 saturated heterocycles. The molecule has 0 saturated carbocycles. The molecule has 0 aliphatic rings. The van der Waals surface area contributed by atoms with E-state index >= 15 is 0 Å². The van der Waals surface area contributed by atoms with Crippen LogP contribution < -0.4 is 10.6 Å². The van der Waals surface area contributed by atoms with Crippen LogP contribution in [0.15, 0.2) is 36.4 Å². The number of rotatable bonds is 4. The van der Waals surface area contributed by atoms with E-state index in [-0.39, 0.29) is 18.1 Å². The zero-order valence-electron chi connectivity index (χ0n) is 11.2. The minimum absolute atomic E-state index is 0.0650. The third-order valence-corrected chi connectivity index (χ3v) is 3.56. The van der Waals surface area contributed by atoms with Gasteiger partial charge in [-0.2, -0.15) is 0 Å². The highest BCUT2D eigenvalue weighted by Crippen LogP contribution is 2.23. The summed E-state index contributed by atoms with van der Waals surface area (Å²) in [5, 5.41) is 6.31. The maximum absolute atomic E-state index is 13.5. The fourth-order valence-corrected chi connectivity index (χ4v) is 2.08. The summed E-state index contributed by atoms with van der Waals surface area (Å²) in [6, 6.07) is 9.46. The quantitative estimate of drug-likeness (QED) is 0.869. The van der Waals surface area contributed by atoms with Gasteiger partial charge < -0.3 is 10.6 Å². The van der Waals surface area contributed by atoms with Crippen LogP contribution >= 0.6 is 23.2 Å². The number of amides is 1. The van der Waals surface area contributed by atoms with Crippen molar-refractivity contribution in [1.29, 1.82) is 0 Å². The fraction of sp³-hybridized carbons (Fsp3) is 0.133. The van der Waals surface area contributed by atoms with Crippen LogP contribution in [-0.4, -0.2) is 12.5 Å². The highest BCUT2D eigenvalue weighted by atomic mass is 35.5. The van der Waals surface area contributed by atoms with Crippen molar-refractivity contribution in [3.8, 4) is 0 Å². The van der Waals surface area contributed by atoms with Gasteiger partial charge in [0.15, 0.2) is 0 Å². The SMILES string of the molecule is Cc1c(Cl)cccc1NC(=O)CNc1ccc(Cl)cc1F. The summed E-state index contributed by atoms with van der Waals surface area (Å²) in [6.07, 6.45) is 0. The van der Waals surface area contributed by atoms with Crippen LogP contribution in [0.1, 0.15) is 5.56 Å². The van der Waals surface area contributed by atoms with Gasteiger partial charge in [0.05, 0.1) is 12.2 Å². The molecule has 110 valence electrons. The zero-order chi connectivity index (χ0) is 15.4. The summed E-state index contributed by atoms with van der Waals surface area (Å²) >= 11 is 11.6. The van der Waals surface area contributed by atoms with Crippen molar-refractivity contribution < 1.29 is 9.18 Å². The first-order chi connectivity index (χ1) is 9.97. The van der Waals surface area contributed by atoms with E-state index in [1.54, 1.807) is 24.3 Å². The Morgan fingerprint density at radius 2 is 1.95 bits per heavy atom. The maximum Gasteiger partial charge on any atom is 0.243 e. The predicted molar refractivity (Wildman–Crippen MR) is 84.7 cm³/mol. The molecule has 2 aromatic rings. The molecular formula is C15H13Cl2FN2O. The van der Waals surface area contributed by atoms with Gasteiger partial charge >= 0.3 is 0 Å². The molecule has 0 heterocycles. The van der Waals surface area contributed by atoms with E-state index in [9.17, 15) is 9.18 Å². The van der Waals surface area contributed by atoms with Crippen molar-refractivity contribution >= 4 is 40.5 Å². The molecule has 2 N–H and O–H groups in total. The molecule has 0 aliphatic heterocycles. The third kappa shape index (κ3) is 4.09. The van der Waals surface area contributed by atoms with Crippen molar-refractivity contribution in [2.24, 2.45) is 0 Å². The number of anilines is 2. The Kier molecular flexibility index (Phi) is 5.04. The standard InChI is InChI=1S/C15H13Cl2FN2O/c1-9-11(17)3-2-4-13(9)20-15(21)8-19-14-6-5-10(16)7-12(14)18/h2-7,19H,8H2,1H3,(H,20,21). The lowest BCUT2D eigenvalue weighted by Crippen LogP contribution is -2.22. The Morgan fingerprint density at radius 1 is 1.19 bits per heavy atom. The molecule has 1 amide bonds. The molecule has 6 heteroatoms. The second-order valence-electron chi connectivity index (χ2n) is 4.44. The molecule has 0 spiro atoms. The summed E-state index contributed by atoms with van der Waals surface area (Å²) in [5.74, 6) is -0.802. The van der Waals surface area contributed by atoms with Crippen LogP contribution in [-0.2, 0) is 4.79 Å². The van der Waals surface area contributed by atoms with Gasteiger partial charge in [0.25, 0.3) is 0 Å². The Labute approximate surface area is 132 Å². The van der Waals surface area contributed by atoms with E-state index in [1.807, 2.05) is 6.92 Å². The lowest BCUT2D eigenvalue weighted by molar-refractivity contribution is -0.114. The number of benzene rings is 2. The van der Waals surface area contributed by atoms with E-state index in [0.29, 0.717) is 15.7 Å². The molecule has 3 nitrogen and oxygen atoms in total. The van der Waals surface area contributed by atoms with Crippen molar-refractivity contribution in [1.82, 2.24) is 0 Å². The largest absolute Gasteiger partial charge is 0.374 e. The second-order valence-corrected chi connectivity index (χ2v) is 5.28. The minimum Gasteiger partial charge on any atom is -0.374 e. The van der Waals surface area contributed by atoms with E-state index in [1.165, 1.54) is 12.1 Å². The number of hydrogen-bond acceptors (Lipinski definition) is 2. The molecule has 2 aromatic carbocycles. The molecule has 0 radical (unpaired) electrons. The summed E-state index contributed by atoms with van der Waals surface area (Å²) in [5.41, 5.74) is 1.63. The number of halogens is 3. The van der Waals surface area contributed by atoms with Crippen molar-refractivity contribution in [2.75, 3.05) is 17.2 Å². The molecule has 0 fully saturated rings. The van der Waals surface area contributed by atoms with E-state index in [4.69, 9.17) is 23.2 Å². The first-order valence-corrected chi connectivity index (χ1v) is 6.97. The summed E-state index contributed by atoms with van der Waals surface area (Å²) in [4.78, 5) is 11.9. The van der Waals surface area contributed by atoms with Crippen LogP contribution in [0, 0.1) is 12.7 Å². The number of hydrogen-bond donors (Lipinski definition) is 2. The van der Waals surface area contributed by atoms with Crippen molar-refractivity contribution in [3.63, 3.8) is 0 Å². The highest BCUT2D eigenvalue weighted by Gasteiger charge is 2.08. The second kappa shape index (κ2) is 6.78. The van der Waals surface area contributed by atoms with Gasteiger partial charge in [0, 0.05) is 15.7 Å². The molecule has 0 atom stereocenters. The lowest BCUT2D eigenvalue weighted by Gasteiger charge is -2.11. The minimum atomic E-state index is -0.505. The van der Waals surface area contributed by atoms with Gasteiger partial charge in [-0.25, -0.2) is 4.39 Å². The Morgan fingerprint density at radius 3 is 2.67 bits per heavy atom. The zero-order valence-corrected chi connectivity index (χ0v) is 12.7. The molecule has 0 bridgehead atoms. The van der Waals surface area contributed by atoms with E-state index < -0.39 is 5.82 Å². The van der Waals surface area contributed by atoms with Gasteiger partial charge in [-0.15, -0.1) is 0 Å². The summed E-state index contributed by atoms with van der Waals surface area (Å²) in [6.45, 7) is 1.74. The van der Waals surface area contributed by atoms with Crippen LogP contribution in [0.3, 0.4) is 0 Å². The number of carbonyl (C=O) groups is 1. The Hall–Kier alpha value is -1.78. The molecule has 2 rings (SSSR count). The number of carbonyl (C=O) groups excluding carboxylic acids is 1. The predicted octanol–water partition coefficient (Wildman–Crippen LogP) is 4.49. The average Bonchev–Trinajstić information content (AvgIpc) is 2.43. The van der Waals surface area contributed by atoms with Crippen molar-refractivity contribution in [2.45, 2.75) is 6.92 Å². The van der Waals surface area contributed by atoms with E-state index in [2.05, 4.69) is 10.6 Å². The molecule has 0 aliphatic carbocycles. The number of nitrogens with one attached hydrogen (secondary N) is 2. The van der Waals surface area contributed by atoms with Crippen LogP contribution in [0.5, 0.6) is 0 Å². The van der Waals surface area contributed by atoms with Gasteiger partial charge in [-0.3, -0.25) is 4.79 Å². The first-order valence-electron chi connectivity index (χ1n) is 6.21. The van der Waals surface area contributed by atoms with Gasteiger partial charge in [-0.1, -0.05) is 29.3 Å². The fourth-order valence-electron chi connectivity index (χ4n) is 1.75. The van der Waals surface area contributed by atoms with Crippen LogP contribution in [0.2, 0.25) is 10.0 Å². The van der Waals surface area contributed by atoms with Gasteiger partial charge in [-0.05, 0) is 42.8 Å². The van der Waals surface area contributed by atoms with Crippen molar-refractivity contribution in [3.05, 3.63) is 57.8 Å². The molecular weight excluding hydrogens is 314 g/mol. The Balaban J connectivity index is 1.97. The summed E-state index contributed by atoms with van der Waals surface area (Å²) < 4.78 is 13.5. The summed E-state index contributed by atoms with van der Waals surface area (Å²) in [7, 11) is 0. The Bertz CT molecular complexity index is 677. The van der Waals surface area contributed by atoms with Crippen LogP contribution in [0.4, 0.5) is 15.8 Å².